The molecule has 1 aromatic carbocycles. The predicted octanol–water partition coefficient (Wildman–Crippen LogP) is 2.83. The van der Waals surface area contributed by atoms with Gasteiger partial charge in [-0.25, -0.2) is 8.42 Å². The molecule has 1 fully saturated rings. The third-order valence-electron chi connectivity index (χ3n) is 4.10. The molecule has 0 unspecified atom stereocenters. The van der Waals surface area contributed by atoms with Crippen LogP contribution in [0.3, 0.4) is 0 Å². The average molecular weight is 282 g/mol. The maximum atomic E-state index is 12.5. The van der Waals surface area contributed by atoms with Gasteiger partial charge in [-0.05, 0) is 31.9 Å². The first-order valence-corrected chi connectivity index (χ1v) is 8.50. The van der Waals surface area contributed by atoms with Gasteiger partial charge in [0.15, 0.2) is 9.84 Å². The third kappa shape index (κ3) is 3.18. The minimum absolute atomic E-state index is 0.0326. The van der Waals surface area contributed by atoms with E-state index in [2.05, 4.69) is 6.92 Å². The maximum Gasteiger partial charge on any atom is 0.178 e. The smallest absolute Gasteiger partial charge is 0.178 e. The van der Waals surface area contributed by atoms with Crippen LogP contribution >= 0.6 is 0 Å². The minimum atomic E-state index is -3.22. The first-order chi connectivity index (χ1) is 8.94. The summed E-state index contributed by atoms with van der Waals surface area (Å²) < 4.78 is 30.5. The molecule has 0 radical (unpaired) electrons. The lowest BCUT2D eigenvalue weighted by atomic mass is 9.91. The van der Waals surface area contributed by atoms with E-state index >= 15 is 0 Å². The lowest BCUT2D eigenvalue weighted by Crippen LogP contribution is -2.26. The van der Waals surface area contributed by atoms with Gasteiger partial charge in [-0.1, -0.05) is 31.0 Å². The van der Waals surface area contributed by atoms with Crippen LogP contribution in [0.15, 0.2) is 29.2 Å². The van der Waals surface area contributed by atoms with E-state index in [1.807, 2.05) is 26.0 Å². The molecule has 2 rings (SSSR count). The summed E-state index contributed by atoms with van der Waals surface area (Å²) in [6, 6.07) is 7.09. The zero-order valence-corrected chi connectivity index (χ0v) is 12.6. The minimum Gasteiger partial charge on any atom is -0.378 e. The summed E-state index contributed by atoms with van der Waals surface area (Å²) in [5.74, 6) is 0.655. The zero-order chi connectivity index (χ0) is 14.0. The van der Waals surface area contributed by atoms with E-state index in [0.29, 0.717) is 17.4 Å². The molecular formula is C15H22O3S. The number of ether oxygens (including phenoxy) is 1. The highest BCUT2D eigenvalue weighted by atomic mass is 32.2. The maximum absolute atomic E-state index is 12.5. The molecule has 4 heteroatoms. The summed E-state index contributed by atoms with van der Waals surface area (Å²) in [7, 11) is -3.22. The summed E-state index contributed by atoms with van der Waals surface area (Å²) >= 11 is 0. The first-order valence-electron chi connectivity index (χ1n) is 6.85. The first kappa shape index (κ1) is 14.5. The highest BCUT2D eigenvalue weighted by Crippen LogP contribution is 2.32. The molecule has 0 N–H and O–H groups in total. The van der Waals surface area contributed by atoms with Gasteiger partial charge in [0.1, 0.15) is 0 Å². The van der Waals surface area contributed by atoms with Gasteiger partial charge >= 0.3 is 0 Å². The highest BCUT2D eigenvalue weighted by molar-refractivity contribution is 7.91. The Morgan fingerprint density at radius 2 is 1.89 bits per heavy atom. The molecule has 0 saturated carbocycles. The van der Waals surface area contributed by atoms with E-state index in [-0.39, 0.29) is 17.8 Å². The molecule has 1 aliphatic rings. The van der Waals surface area contributed by atoms with Crippen LogP contribution in [0, 0.1) is 18.8 Å². The Labute approximate surface area is 115 Å². The molecule has 106 valence electrons. The quantitative estimate of drug-likeness (QED) is 0.853. The van der Waals surface area contributed by atoms with Gasteiger partial charge in [0, 0.05) is 5.92 Å². The van der Waals surface area contributed by atoms with E-state index in [9.17, 15) is 8.42 Å². The number of hydrogen-bond acceptors (Lipinski definition) is 3. The molecular weight excluding hydrogens is 260 g/mol. The fraction of sp³-hybridized carbons (Fsp3) is 0.600. The van der Waals surface area contributed by atoms with Crippen molar-refractivity contribution in [2.24, 2.45) is 11.8 Å². The Morgan fingerprint density at radius 3 is 2.47 bits per heavy atom. The molecule has 1 aromatic rings. The second-order valence-corrected chi connectivity index (χ2v) is 7.50. The Morgan fingerprint density at radius 1 is 1.26 bits per heavy atom. The van der Waals surface area contributed by atoms with Crippen LogP contribution in [0.4, 0.5) is 0 Å². The Bertz CT molecular complexity index is 519. The topological polar surface area (TPSA) is 43.4 Å². The van der Waals surface area contributed by atoms with Crippen LogP contribution < -0.4 is 0 Å². The van der Waals surface area contributed by atoms with Gasteiger partial charge in [0.25, 0.3) is 0 Å². The van der Waals surface area contributed by atoms with Crippen molar-refractivity contribution >= 4 is 9.84 Å². The van der Waals surface area contributed by atoms with Crippen LogP contribution in [0.5, 0.6) is 0 Å². The second-order valence-electron chi connectivity index (χ2n) is 5.47. The van der Waals surface area contributed by atoms with Crippen LogP contribution in [0.25, 0.3) is 0 Å². The second kappa shape index (κ2) is 5.63. The van der Waals surface area contributed by atoms with Crippen LogP contribution in [0.1, 0.15) is 25.8 Å². The number of rotatable bonds is 4. The normalized spacial score (nSPS) is 27.6. The summed E-state index contributed by atoms with van der Waals surface area (Å²) in [4.78, 5) is 0.423. The molecule has 1 heterocycles. The molecule has 0 spiro atoms. The lowest BCUT2D eigenvalue weighted by molar-refractivity contribution is 0.108. The van der Waals surface area contributed by atoms with Gasteiger partial charge in [0.05, 0.1) is 23.4 Å². The van der Waals surface area contributed by atoms with Gasteiger partial charge in [0.2, 0.25) is 0 Å². The van der Waals surface area contributed by atoms with Crippen molar-refractivity contribution in [3.8, 4) is 0 Å². The average Bonchev–Trinajstić information content (AvgIpc) is 2.70. The van der Waals surface area contributed by atoms with E-state index in [4.69, 9.17) is 4.74 Å². The zero-order valence-electron chi connectivity index (χ0n) is 11.8. The van der Waals surface area contributed by atoms with Crippen molar-refractivity contribution < 1.29 is 13.2 Å². The van der Waals surface area contributed by atoms with Gasteiger partial charge in [-0.2, -0.15) is 0 Å². The summed E-state index contributed by atoms with van der Waals surface area (Å²) in [6.45, 7) is 6.71. The van der Waals surface area contributed by atoms with E-state index in [0.717, 1.165) is 12.0 Å². The van der Waals surface area contributed by atoms with Crippen molar-refractivity contribution in [2.75, 3.05) is 12.4 Å². The van der Waals surface area contributed by atoms with Crippen molar-refractivity contribution in [2.45, 2.75) is 38.2 Å². The van der Waals surface area contributed by atoms with Gasteiger partial charge < -0.3 is 4.74 Å². The number of aryl methyl sites for hydroxylation is 1. The Hall–Kier alpha value is -0.870. The summed E-state index contributed by atoms with van der Waals surface area (Å²) in [6.07, 6.45) is 1.00. The van der Waals surface area contributed by atoms with E-state index in [1.165, 1.54) is 0 Å². The summed E-state index contributed by atoms with van der Waals surface area (Å²) in [5.41, 5.74) is 1.07. The lowest BCUT2D eigenvalue weighted by Gasteiger charge is -2.19. The summed E-state index contributed by atoms with van der Waals surface area (Å²) in [5, 5.41) is 0. The molecule has 0 bridgehead atoms. The SMILES string of the molecule is CC[C@H]1CO[C@H](C)[C@H]1CS(=O)(=O)c1ccc(C)cc1. The molecule has 0 amide bonds. The molecule has 1 saturated heterocycles. The fourth-order valence-corrected chi connectivity index (χ4v) is 4.49. The largest absolute Gasteiger partial charge is 0.378 e. The van der Waals surface area contributed by atoms with Gasteiger partial charge in [-0.15, -0.1) is 0 Å². The van der Waals surface area contributed by atoms with E-state index < -0.39 is 9.84 Å². The van der Waals surface area contributed by atoms with Crippen molar-refractivity contribution in [3.05, 3.63) is 29.8 Å². The monoisotopic (exact) mass is 282 g/mol. The molecule has 1 aliphatic heterocycles. The van der Waals surface area contributed by atoms with Crippen LogP contribution in [0.2, 0.25) is 0 Å². The molecule has 0 aromatic heterocycles. The molecule has 3 nitrogen and oxygen atoms in total. The van der Waals surface area contributed by atoms with Crippen molar-refractivity contribution in [1.82, 2.24) is 0 Å². The molecule has 0 aliphatic carbocycles. The highest BCUT2D eigenvalue weighted by Gasteiger charge is 2.36. The number of hydrogen-bond donors (Lipinski definition) is 0. The predicted molar refractivity (Wildman–Crippen MR) is 75.9 cm³/mol. The van der Waals surface area contributed by atoms with Crippen LogP contribution in [-0.4, -0.2) is 26.9 Å². The number of benzene rings is 1. The van der Waals surface area contributed by atoms with Gasteiger partial charge in [-0.3, -0.25) is 0 Å². The third-order valence-corrected chi connectivity index (χ3v) is 5.91. The van der Waals surface area contributed by atoms with E-state index in [1.54, 1.807) is 12.1 Å². The van der Waals surface area contributed by atoms with Crippen LogP contribution in [-0.2, 0) is 14.6 Å². The fourth-order valence-electron chi connectivity index (χ4n) is 2.69. The standard InChI is InChI=1S/C15H22O3S/c1-4-13-9-18-12(3)15(13)10-19(16,17)14-7-5-11(2)6-8-14/h5-8,12-13,15H,4,9-10H2,1-3H3/t12-,13+,15-/m1/s1. The molecule has 19 heavy (non-hydrogen) atoms. The van der Waals surface area contributed by atoms with Crippen molar-refractivity contribution in [3.63, 3.8) is 0 Å². The van der Waals surface area contributed by atoms with Crippen molar-refractivity contribution in [1.29, 1.82) is 0 Å². The number of sulfone groups is 1. The Kier molecular flexibility index (Phi) is 4.31. The Balaban J connectivity index is 2.19. The molecule has 3 atom stereocenters.